The highest BCUT2D eigenvalue weighted by atomic mass is 16.7. The molecule has 3 saturated heterocycles. The van der Waals surface area contributed by atoms with Gasteiger partial charge in [-0.15, -0.1) is 0 Å². The first-order chi connectivity index (χ1) is 28.6. The largest absolute Gasteiger partial charge is 0.466 e. The Kier molecular flexibility index (Phi) is 17.3. The van der Waals surface area contributed by atoms with Crippen molar-refractivity contribution >= 4 is 23.9 Å². The highest BCUT2D eigenvalue weighted by molar-refractivity contribution is 5.84. The molecule has 0 amide bonds. The highest BCUT2D eigenvalue weighted by Gasteiger charge is 2.59. The van der Waals surface area contributed by atoms with Crippen LogP contribution in [0.2, 0.25) is 0 Å². The van der Waals surface area contributed by atoms with E-state index in [0.717, 1.165) is 24.5 Å². The van der Waals surface area contributed by atoms with E-state index in [1.165, 1.54) is 33.1 Å². The predicted molar refractivity (Wildman–Crippen MR) is 222 cm³/mol. The summed E-state index contributed by atoms with van der Waals surface area (Å²) < 4.78 is 41.9. The van der Waals surface area contributed by atoms with E-state index in [1.807, 2.05) is 26.0 Å². The number of fused-ring (bicyclic) bond motifs is 6. The molecule has 0 saturated carbocycles. The summed E-state index contributed by atoms with van der Waals surface area (Å²) in [5.74, 6) is -7.32. The molecule has 4 N–H and O–H groups in total. The fourth-order valence-corrected chi connectivity index (χ4v) is 8.47. The van der Waals surface area contributed by atoms with E-state index in [1.54, 1.807) is 45.9 Å². The second-order valence-electron chi connectivity index (χ2n) is 17.9. The summed E-state index contributed by atoms with van der Waals surface area (Å²) in [7, 11) is 1.19. The first-order valence-corrected chi connectivity index (χ1v) is 21.4. The minimum Gasteiger partial charge on any atom is -0.466 e. The van der Waals surface area contributed by atoms with Crippen molar-refractivity contribution in [3.63, 3.8) is 0 Å². The second-order valence-corrected chi connectivity index (χ2v) is 17.9. The van der Waals surface area contributed by atoms with E-state index >= 15 is 0 Å². The van der Waals surface area contributed by atoms with Crippen LogP contribution in [0.5, 0.6) is 0 Å². The third-order valence-electron chi connectivity index (χ3n) is 12.3. The average molecular weight is 861 g/mol. The van der Waals surface area contributed by atoms with Crippen molar-refractivity contribution in [3.8, 4) is 0 Å². The number of esters is 4. The number of cyclic esters (lactones) is 1. The van der Waals surface area contributed by atoms with Crippen LogP contribution in [-0.2, 0) is 52.3 Å². The molecule has 0 aromatic heterocycles. The molecule has 4 aliphatic heterocycles. The highest BCUT2D eigenvalue weighted by Crippen LogP contribution is 2.50. The molecule has 4 rings (SSSR count). The molecule has 0 aliphatic carbocycles. The van der Waals surface area contributed by atoms with Crippen LogP contribution in [0.25, 0.3) is 0 Å². The first kappa shape index (κ1) is 50.0. The number of allylic oxidation sites excluding steroid dienone is 4. The van der Waals surface area contributed by atoms with Crippen LogP contribution in [-0.4, -0.2) is 118 Å². The second kappa shape index (κ2) is 21.1. The molecule has 11 atom stereocenters. The maximum Gasteiger partial charge on any atom is 0.331 e. The molecule has 6 bridgehead atoms. The minimum absolute atomic E-state index is 0.0524. The lowest BCUT2D eigenvalue weighted by molar-refractivity contribution is -0.348. The lowest BCUT2D eigenvalue weighted by Crippen LogP contribution is -2.62. The molecule has 0 spiro atoms. The Bertz CT molecular complexity index is 1710. The van der Waals surface area contributed by atoms with E-state index < -0.39 is 108 Å². The van der Waals surface area contributed by atoms with Crippen molar-refractivity contribution in [2.45, 2.75) is 186 Å². The monoisotopic (exact) mass is 860 g/mol. The van der Waals surface area contributed by atoms with E-state index in [4.69, 9.17) is 33.2 Å². The van der Waals surface area contributed by atoms with Crippen LogP contribution in [0.1, 0.15) is 120 Å². The first-order valence-electron chi connectivity index (χ1n) is 21.4. The number of carbonyl (C=O) groups is 4. The molecule has 3 fully saturated rings. The van der Waals surface area contributed by atoms with Gasteiger partial charge in [-0.25, -0.2) is 9.59 Å². The summed E-state index contributed by atoms with van der Waals surface area (Å²) in [6.45, 7) is 13.4. The molecule has 0 aromatic rings. The summed E-state index contributed by atoms with van der Waals surface area (Å²) in [5.41, 5.74) is -1.38. The summed E-state index contributed by atoms with van der Waals surface area (Å²) in [5, 5.41) is 47.4. The van der Waals surface area contributed by atoms with Crippen molar-refractivity contribution in [1.29, 1.82) is 0 Å². The molecule has 15 heteroatoms. The number of hydrogen-bond acceptors (Lipinski definition) is 15. The molecule has 0 radical (unpaired) electrons. The number of aliphatic hydroxyl groups excluding tert-OH is 2. The number of rotatable bonds is 8. The number of ether oxygens (including phenoxy) is 7. The molecule has 342 valence electrons. The molecule has 0 aromatic carbocycles. The summed E-state index contributed by atoms with van der Waals surface area (Å²) in [4.78, 5) is 51.9. The van der Waals surface area contributed by atoms with Gasteiger partial charge in [-0.1, -0.05) is 83.1 Å². The third kappa shape index (κ3) is 12.7. The van der Waals surface area contributed by atoms with Gasteiger partial charge in [0.05, 0.1) is 55.6 Å². The lowest BCUT2D eigenvalue weighted by atomic mass is 9.70. The van der Waals surface area contributed by atoms with Crippen LogP contribution in [0.4, 0.5) is 0 Å². The number of aliphatic hydroxyl groups is 4. The topological polar surface area (TPSA) is 214 Å². The SMILES string of the molecule is C/C=C1/CC2C[C@]3(O)O[C@H](C[C@@H](O)CC(=O)O[C@@H]([C@@H](C)O)C[C@@H]4C/C(=C\C(=O)OC)[C@H](OC(=O)/C=C/C=C/CCC)[C@@](O)(O4)C(C)(C)/C=C/[C@@H](C1)O2)C[C@H](OC(C)=O)C3(C)C. The maximum absolute atomic E-state index is 13.4. The van der Waals surface area contributed by atoms with Crippen molar-refractivity contribution in [2.75, 3.05) is 7.11 Å². The van der Waals surface area contributed by atoms with E-state index in [2.05, 4.69) is 0 Å². The molecule has 61 heavy (non-hydrogen) atoms. The molecule has 4 aliphatic rings. The zero-order chi connectivity index (χ0) is 45.3. The van der Waals surface area contributed by atoms with Crippen molar-refractivity contribution in [2.24, 2.45) is 10.8 Å². The summed E-state index contributed by atoms with van der Waals surface area (Å²) in [6, 6.07) is 0. The van der Waals surface area contributed by atoms with Gasteiger partial charge in [0.2, 0.25) is 5.79 Å². The van der Waals surface area contributed by atoms with Crippen LogP contribution < -0.4 is 0 Å². The predicted octanol–water partition coefficient (Wildman–Crippen LogP) is 5.13. The summed E-state index contributed by atoms with van der Waals surface area (Å²) >= 11 is 0. The number of unbranched alkanes of at least 4 members (excludes halogenated alkanes) is 1. The molecular formula is C46H68O15. The van der Waals surface area contributed by atoms with Gasteiger partial charge >= 0.3 is 23.9 Å². The Morgan fingerprint density at radius 1 is 0.951 bits per heavy atom. The Morgan fingerprint density at radius 2 is 1.67 bits per heavy atom. The van der Waals surface area contributed by atoms with E-state index in [9.17, 15) is 39.6 Å². The van der Waals surface area contributed by atoms with Crippen LogP contribution in [0.3, 0.4) is 0 Å². The quantitative estimate of drug-likeness (QED) is 0.0819. The van der Waals surface area contributed by atoms with Gasteiger partial charge in [0.25, 0.3) is 0 Å². The molecule has 4 heterocycles. The van der Waals surface area contributed by atoms with Gasteiger partial charge in [-0.2, -0.15) is 0 Å². The normalized spacial score (nSPS) is 37.1. The van der Waals surface area contributed by atoms with Crippen LogP contribution in [0.15, 0.2) is 59.8 Å². The Labute approximate surface area is 359 Å². The third-order valence-corrected chi connectivity index (χ3v) is 12.3. The van der Waals surface area contributed by atoms with Gasteiger partial charge in [-0.05, 0) is 45.1 Å². The van der Waals surface area contributed by atoms with Crippen LogP contribution in [0, 0.1) is 10.8 Å². The van der Waals surface area contributed by atoms with Gasteiger partial charge in [0.1, 0.15) is 12.2 Å². The number of carbonyl (C=O) groups excluding carboxylic acids is 4. The molecular weight excluding hydrogens is 792 g/mol. The average Bonchev–Trinajstić information content (AvgIpc) is 3.16. The number of methoxy groups -OCH3 is 1. The van der Waals surface area contributed by atoms with E-state index in [0.29, 0.717) is 12.8 Å². The molecule has 15 nitrogen and oxygen atoms in total. The Morgan fingerprint density at radius 3 is 2.31 bits per heavy atom. The zero-order valence-corrected chi connectivity index (χ0v) is 37.2. The standard InChI is InChI=1S/C46H68O15/c1-10-12-13-14-15-16-39(50)59-42-31(22-40(51)55-9)21-34-25-37(28(3)47)58-41(52)24-32(49)23-35-26-38(56-29(4)48)44(7,8)45(53,60-35)27-36-20-30(11-2)19-33(57-36)17-18-43(5,6)46(42,54)61-34/h11,13-18,22,28,32-38,42,47,49,53-54H,10,12,19-21,23-27H2,1-9H3/b14-13+,16-15+,18-17+,30-11+,31-22+/t28-,32-,33+,34+,35-,36?,37-,38+,42+,45+,46-/m1/s1. The minimum atomic E-state index is -2.38. The molecule has 1 unspecified atom stereocenters. The van der Waals surface area contributed by atoms with Crippen molar-refractivity contribution in [1.82, 2.24) is 0 Å². The van der Waals surface area contributed by atoms with Crippen LogP contribution >= 0.6 is 0 Å². The zero-order valence-electron chi connectivity index (χ0n) is 37.2. The fourth-order valence-electron chi connectivity index (χ4n) is 8.47. The smallest absolute Gasteiger partial charge is 0.331 e. The lowest BCUT2D eigenvalue weighted by Gasteiger charge is -2.53. The van der Waals surface area contributed by atoms with Crippen molar-refractivity contribution < 1.29 is 72.8 Å². The van der Waals surface area contributed by atoms with Gasteiger partial charge in [-0.3, -0.25) is 9.59 Å². The van der Waals surface area contributed by atoms with Gasteiger partial charge in [0.15, 0.2) is 11.9 Å². The fraction of sp³-hybridized carbons (Fsp3) is 0.696. The Hall–Kier alpha value is -3.70. The summed E-state index contributed by atoms with van der Waals surface area (Å²) in [6.07, 6.45) is 5.44. The van der Waals surface area contributed by atoms with E-state index in [-0.39, 0.29) is 37.7 Å². The van der Waals surface area contributed by atoms with Gasteiger partial charge in [0, 0.05) is 50.2 Å². The Balaban J connectivity index is 1.84. The maximum atomic E-state index is 13.4. The number of hydrogen-bond donors (Lipinski definition) is 4. The van der Waals surface area contributed by atoms with Gasteiger partial charge < -0.3 is 53.6 Å². The van der Waals surface area contributed by atoms with Crippen molar-refractivity contribution in [3.05, 3.63) is 59.8 Å².